The van der Waals surface area contributed by atoms with Gasteiger partial charge in [-0.3, -0.25) is 9.79 Å². The molecular weight excluding hydrogens is 312 g/mol. The summed E-state index contributed by atoms with van der Waals surface area (Å²) in [5.41, 5.74) is 0. The van der Waals surface area contributed by atoms with E-state index in [1.807, 2.05) is 4.90 Å². The van der Waals surface area contributed by atoms with Gasteiger partial charge in [-0.05, 0) is 24.3 Å². The molecule has 1 aromatic rings. The molecule has 1 N–H and O–H groups in total. The van der Waals surface area contributed by atoms with Gasteiger partial charge in [0.15, 0.2) is 5.96 Å². The molecule has 3 heterocycles. The van der Waals surface area contributed by atoms with Gasteiger partial charge in [-0.25, -0.2) is 0 Å². The monoisotopic (exact) mass is 336 g/mol. The van der Waals surface area contributed by atoms with Gasteiger partial charge in [-0.1, -0.05) is 6.07 Å². The van der Waals surface area contributed by atoms with E-state index >= 15 is 0 Å². The number of aliphatic imine (C=N–C) groups is 1. The van der Waals surface area contributed by atoms with Crippen molar-refractivity contribution in [2.45, 2.75) is 25.5 Å². The Morgan fingerprint density at radius 2 is 2.17 bits per heavy atom. The van der Waals surface area contributed by atoms with Crippen molar-refractivity contribution >= 4 is 23.2 Å². The molecule has 2 fully saturated rings. The van der Waals surface area contributed by atoms with Crippen LogP contribution < -0.4 is 5.32 Å². The lowest BCUT2D eigenvalue weighted by atomic mass is 10.2. The summed E-state index contributed by atoms with van der Waals surface area (Å²) in [7, 11) is 1.81. The normalized spacial score (nSPS) is 22.5. The lowest BCUT2D eigenvalue weighted by molar-refractivity contribution is -0.142. The maximum absolute atomic E-state index is 12.4. The van der Waals surface area contributed by atoms with E-state index in [0.29, 0.717) is 0 Å². The molecule has 6 nitrogen and oxygen atoms in total. The van der Waals surface area contributed by atoms with Gasteiger partial charge in [0, 0.05) is 44.7 Å². The molecule has 2 aliphatic rings. The molecule has 0 bridgehead atoms. The number of hydrogen-bond acceptors (Lipinski definition) is 4. The molecule has 126 valence electrons. The molecule has 2 aliphatic heterocycles. The quantitative estimate of drug-likeness (QED) is 0.664. The van der Waals surface area contributed by atoms with Gasteiger partial charge in [-0.2, -0.15) is 0 Å². The molecule has 0 aromatic carbocycles. The smallest absolute Gasteiger partial charge is 0.251 e. The first-order valence-electron chi connectivity index (χ1n) is 8.16. The highest BCUT2D eigenvalue weighted by molar-refractivity contribution is 7.09. The van der Waals surface area contributed by atoms with Crippen molar-refractivity contribution in [3.63, 3.8) is 0 Å². The molecule has 0 aliphatic carbocycles. The van der Waals surface area contributed by atoms with E-state index in [1.54, 1.807) is 18.4 Å². The zero-order chi connectivity index (χ0) is 16.1. The van der Waals surface area contributed by atoms with E-state index in [1.165, 1.54) is 4.88 Å². The molecule has 1 aromatic heterocycles. The Labute approximate surface area is 141 Å². The number of piperazine rings is 1. The van der Waals surface area contributed by atoms with Gasteiger partial charge in [0.2, 0.25) is 0 Å². The lowest BCUT2D eigenvalue weighted by Gasteiger charge is -2.37. The van der Waals surface area contributed by atoms with Gasteiger partial charge in [0.25, 0.3) is 5.91 Å². The maximum Gasteiger partial charge on any atom is 0.251 e. The fourth-order valence-corrected chi connectivity index (χ4v) is 3.67. The second-order valence-corrected chi connectivity index (χ2v) is 6.83. The Balaban J connectivity index is 1.47. The Morgan fingerprint density at radius 3 is 2.78 bits per heavy atom. The third-order valence-corrected chi connectivity index (χ3v) is 5.19. The lowest BCUT2D eigenvalue weighted by Crippen LogP contribution is -2.55. The fourth-order valence-electron chi connectivity index (χ4n) is 3.03. The van der Waals surface area contributed by atoms with Crippen molar-refractivity contribution in [1.82, 2.24) is 15.1 Å². The van der Waals surface area contributed by atoms with Crippen LogP contribution in [0.25, 0.3) is 0 Å². The predicted molar refractivity (Wildman–Crippen MR) is 91.6 cm³/mol. The minimum atomic E-state index is -0.210. The van der Waals surface area contributed by atoms with E-state index in [-0.39, 0.29) is 12.0 Å². The number of rotatable bonds is 3. The summed E-state index contributed by atoms with van der Waals surface area (Å²) in [4.78, 5) is 22.2. The number of amides is 1. The summed E-state index contributed by atoms with van der Waals surface area (Å²) in [6, 6.07) is 4.17. The Hall–Kier alpha value is -1.60. The van der Waals surface area contributed by atoms with E-state index in [9.17, 15) is 4.79 Å². The van der Waals surface area contributed by atoms with Crippen LogP contribution >= 0.6 is 11.3 Å². The van der Waals surface area contributed by atoms with Crippen LogP contribution in [-0.2, 0) is 16.1 Å². The number of ether oxygens (including phenoxy) is 1. The molecule has 1 atom stereocenters. The van der Waals surface area contributed by atoms with Gasteiger partial charge >= 0.3 is 0 Å². The van der Waals surface area contributed by atoms with Crippen LogP contribution in [-0.4, -0.2) is 67.6 Å². The molecule has 1 amide bonds. The van der Waals surface area contributed by atoms with Crippen LogP contribution in [0.3, 0.4) is 0 Å². The number of thiophene rings is 1. The standard InChI is InChI=1S/C16H24N4O2S/c1-17-16(18-12-13-4-3-11-23-13)20-8-6-19(7-9-20)15(21)14-5-2-10-22-14/h3-4,11,14H,2,5-10,12H2,1H3,(H,17,18). The molecule has 7 heteroatoms. The largest absolute Gasteiger partial charge is 0.368 e. The highest BCUT2D eigenvalue weighted by Gasteiger charge is 2.30. The van der Waals surface area contributed by atoms with Crippen LogP contribution in [0.15, 0.2) is 22.5 Å². The zero-order valence-corrected chi connectivity index (χ0v) is 14.3. The van der Waals surface area contributed by atoms with Gasteiger partial charge < -0.3 is 19.9 Å². The average Bonchev–Trinajstić information content (AvgIpc) is 3.29. The summed E-state index contributed by atoms with van der Waals surface area (Å²) in [6.45, 7) is 4.59. The Bertz CT molecular complexity index is 532. The molecule has 0 saturated carbocycles. The number of carbonyl (C=O) groups excluding carboxylic acids is 1. The van der Waals surface area contributed by atoms with Crippen LogP contribution in [0.5, 0.6) is 0 Å². The minimum absolute atomic E-state index is 0.156. The van der Waals surface area contributed by atoms with Crippen molar-refractivity contribution in [3.8, 4) is 0 Å². The van der Waals surface area contributed by atoms with Crippen molar-refractivity contribution in [3.05, 3.63) is 22.4 Å². The van der Waals surface area contributed by atoms with Gasteiger partial charge in [0.1, 0.15) is 6.10 Å². The molecular formula is C16H24N4O2S. The number of carbonyl (C=O) groups is 1. The summed E-state index contributed by atoms with van der Waals surface area (Å²) in [5.74, 6) is 1.06. The third kappa shape index (κ3) is 4.03. The van der Waals surface area contributed by atoms with E-state index in [0.717, 1.165) is 58.1 Å². The summed E-state index contributed by atoms with van der Waals surface area (Å²) >= 11 is 1.74. The first-order valence-corrected chi connectivity index (χ1v) is 9.04. The first kappa shape index (κ1) is 16.3. The summed E-state index contributed by atoms with van der Waals surface area (Å²) in [5, 5.41) is 5.48. The van der Waals surface area contributed by atoms with E-state index < -0.39 is 0 Å². The van der Waals surface area contributed by atoms with E-state index in [4.69, 9.17) is 4.74 Å². The predicted octanol–water partition coefficient (Wildman–Crippen LogP) is 1.15. The number of nitrogens with one attached hydrogen (secondary N) is 1. The van der Waals surface area contributed by atoms with Crippen molar-refractivity contribution in [2.24, 2.45) is 4.99 Å². The van der Waals surface area contributed by atoms with Gasteiger partial charge in [-0.15, -0.1) is 11.3 Å². The molecule has 0 radical (unpaired) electrons. The first-order chi connectivity index (χ1) is 11.3. The number of hydrogen-bond donors (Lipinski definition) is 1. The number of nitrogens with zero attached hydrogens (tertiary/aromatic N) is 3. The Kier molecular flexibility index (Phi) is 5.51. The van der Waals surface area contributed by atoms with Crippen LogP contribution in [0.4, 0.5) is 0 Å². The van der Waals surface area contributed by atoms with Crippen LogP contribution in [0.2, 0.25) is 0 Å². The molecule has 2 saturated heterocycles. The third-order valence-electron chi connectivity index (χ3n) is 4.31. The average molecular weight is 336 g/mol. The second-order valence-electron chi connectivity index (χ2n) is 5.79. The van der Waals surface area contributed by atoms with Crippen LogP contribution in [0, 0.1) is 0 Å². The molecule has 23 heavy (non-hydrogen) atoms. The maximum atomic E-state index is 12.4. The van der Waals surface area contributed by atoms with Crippen molar-refractivity contribution in [1.29, 1.82) is 0 Å². The van der Waals surface area contributed by atoms with Crippen molar-refractivity contribution < 1.29 is 9.53 Å². The van der Waals surface area contributed by atoms with Crippen LogP contribution in [0.1, 0.15) is 17.7 Å². The Morgan fingerprint density at radius 1 is 1.39 bits per heavy atom. The highest BCUT2D eigenvalue weighted by atomic mass is 32.1. The topological polar surface area (TPSA) is 57.2 Å². The zero-order valence-electron chi connectivity index (χ0n) is 13.5. The molecule has 1 unspecified atom stereocenters. The minimum Gasteiger partial charge on any atom is -0.368 e. The summed E-state index contributed by atoms with van der Waals surface area (Å²) in [6.07, 6.45) is 1.65. The highest BCUT2D eigenvalue weighted by Crippen LogP contribution is 2.16. The van der Waals surface area contributed by atoms with Gasteiger partial charge in [0.05, 0.1) is 6.54 Å². The molecule has 0 spiro atoms. The van der Waals surface area contributed by atoms with E-state index in [2.05, 4.69) is 32.7 Å². The fraction of sp³-hybridized carbons (Fsp3) is 0.625. The SMILES string of the molecule is CN=C(NCc1cccs1)N1CCN(C(=O)C2CCCO2)CC1. The summed E-state index contributed by atoms with van der Waals surface area (Å²) < 4.78 is 5.50. The van der Waals surface area contributed by atoms with Crippen molar-refractivity contribution in [2.75, 3.05) is 39.8 Å². The molecule has 3 rings (SSSR count). The number of guanidine groups is 1. The second kappa shape index (κ2) is 7.79.